The second kappa shape index (κ2) is 6.09. The molecule has 0 heterocycles. The lowest BCUT2D eigenvalue weighted by Crippen LogP contribution is -2.29. The van der Waals surface area contributed by atoms with Gasteiger partial charge in [-0.15, -0.1) is 0 Å². The van der Waals surface area contributed by atoms with Crippen molar-refractivity contribution < 1.29 is 9.53 Å². The average molecular weight is 223 g/mol. The SMILES string of the molecule is CN(C)CCOc1ccc(C(=O)NN)cc1. The summed E-state index contributed by atoms with van der Waals surface area (Å²) in [6, 6.07) is 6.85. The first kappa shape index (κ1) is 12.5. The summed E-state index contributed by atoms with van der Waals surface area (Å²) < 4.78 is 5.48. The number of nitrogen functional groups attached to an aromatic ring is 1. The highest BCUT2D eigenvalue weighted by atomic mass is 16.5. The van der Waals surface area contributed by atoms with Gasteiger partial charge in [0.05, 0.1) is 0 Å². The van der Waals surface area contributed by atoms with Gasteiger partial charge in [0.15, 0.2) is 0 Å². The van der Waals surface area contributed by atoms with E-state index >= 15 is 0 Å². The van der Waals surface area contributed by atoms with Crippen LogP contribution in [0.4, 0.5) is 0 Å². The number of carbonyl (C=O) groups excluding carboxylic acids is 1. The zero-order valence-electron chi connectivity index (χ0n) is 9.56. The van der Waals surface area contributed by atoms with Crippen LogP contribution in [0.25, 0.3) is 0 Å². The fourth-order valence-electron chi connectivity index (χ4n) is 1.13. The molecule has 1 aromatic rings. The van der Waals surface area contributed by atoms with Crippen molar-refractivity contribution in [3.63, 3.8) is 0 Å². The van der Waals surface area contributed by atoms with E-state index in [2.05, 4.69) is 5.43 Å². The summed E-state index contributed by atoms with van der Waals surface area (Å²) in [5.41, 5.74) is 2.59. The smallest absolute Gasteiger partial charge is 0.265 e. The molecule has 0 aliphatic carbocycles. The minimum absolute atomic E-state index is 0.306. The summed E-state index contributed by atoms with van der Waals surface area (Å²) in [5.74, 6) is 5.46. The fourth-order valence-corrected chi connectivity index (χ4v) is 1.13. The first-order chi connectivity index (χ1) is 7.63. The summed E-state index contributed by atoms with van der Waals surface area (Å²) in [5, 5.41) is 0. The lowest BCUT2D eigenvalue weighted by molar-refractivity contribution is 0.0953. The van der Waals surface area contributed by atoms with Gasteiger partial charge < -0.3 is 9.64 Å². The second-order valence-electron chi connectivity index (χ2n) is 3.65. The molecule has 0 radical (unpaired) electrons. The van der Waals surface area contributed by atoms with Gasteiger partial charge in [0, 0.05) is 12.1 Å². The summed E-state index contributed by atoms with van der Waals surface area (Å²) >= 11 is 0. The van der Waals surface area contributed by atoms with Gasteiger partial charge in [0.1, 0.15) is 12.4 Å². The molecule has 0 saturated heterocycles. The maximum absolute atomic E-state index is 11.1. The number of likely N-dealkylation sites (N-methyl/N-ethyl adjacent to an activating group) is 1. The molecule has 0 aromatic heterocycles. The number of nitrogens with one attached hydrogen (secondary N) is 1. The van der Waals surface area contributed by atoms with Crippen molar-refractivity contribution in [1.82, 2.24) is 10.3 Å². The van der Waals surface area contributed by atoms with Crippen molar-refractivity contribution in [2.45, 2.75) is 0 Å². The molecule has 0 spiro atoms. The van der Waals surface area contributed by atoms with Crippen LogP contribution in [0.15, 0.2) is 24.3 Å². The molecule has 88 valence electrons. The Kier molecular flexibility index (Phi) is 4.75. The highest BCUT2D eigenvalue weighted by Crippen LogP contribution is 2.11. The van der Waals surface area contributed by atoms with Crippen molar-refractivity contribution in [2.75, 3.05) is 27.2 Å². The molecule has 0 aliphatic heterocycles. The zero-order chi connectivity index (χ0) is 12.0. The van der Waals surface area contributed by atoms with E-state index < -0.39 is 0 Å². The molecule has 3 N–H and O–H groups in total. The Morgan fingerprint density at radius 1 is 1.38 bits per heavy atom. The van der Waals surface area contributed by atoms with Crippen LogP contribution in [-0.2, 0) is 0 Å². The number of rotatable bonds is 5. The normalized spacial score (nSPS) is 10.2. The van der Waals surface area contributed by atoms with Crippen molar-refractivity contribution in [3.05, 3.63) is 29.8 Å². The molecular formula is C11H17N3O2. The van der Waals surface area contributed by atoms with Gasteiger partial charge >= 0.3 is 0 Å². The number of benzene rings is 1. The quantitative estimate of drug-likeness (QED) is 0.426. The Balaban J connectivity index is 2.48. The van der Waals surface area contributed by atoms with Gasteiger partial charge in [0.2, 0.25) is 0 Å². The number of nitrogens with two attached hydrogens (primary N) is 1. The number of hydrogen-bond donors (Lipinski definition) is 2. The van der Waals surface area contributed by atoms with E-state index in [0.29, 0.717) is 12.2 Å². The van der Waals surface area contributed by atoms with Gasteiger partial charge in [-0.05, 0) is 38.4 Å². The molecule has 1 aromatic carbocycles. The maximum atomic E-state index is 11.1. The lowest BCUT2D eigenvalue weighted by atomic mass is 10.2. The molecule has 5 nitrogen and oxygen atoms in total. The summed E-state index contributed by atoms with van der Waals surface area (Å²) in [7, 11) is 3.97. The van der Waals surface area contributed by atoms with E-state index in [4.69, 9.17) is 10.6 Å². The van der Waals surface area contributed by atoms with Gasteiger partial charge in [-0.2, -0.15) is 0 Å². The van der Waals surface area contributed by atoms with Crippen LogP contribution < -0.4 is 16.0 Å². The standard InChI is InChI=1S/C11H17N3O2/c1-14(2)7-8-16-10-5-3-9(4-6-10)11(15)13-12/h3-6H,7-8,12H2,1-2H3,(H,13,15). The molecule has 0 saturated carbocycles. The van der Waals surface area contributed by atoms with E-state index in [0.717, 1.165) is 12.3 Å². The first-order valence-electron chi connectivity index (χ1n) is 5.02. The summed E-state index contributed by atoms with van der Waals surface area (Å²) in [6.45, 7) is 1.47. The van der Waals surface area contributed by atoms with Crippen LogP contribution in [-0.4, -0.2) is 38.1 Å². The minimum atomic E-state index is -0.306. The van der Waals surface area contributed by atoms with E-state index in [1.54, 1.807) is 24.3 Å². The van der Waals surface area contributed by atoms with E-state index in [1.807, 2.05) is 19.0 Å². The number of ether oxygens (including phenoxy) is 1. The molecule has 0 atom stereocenters. The lowest BCUT2D eigenvalue weighted by Gasteiger charge is -2.11. The Hall–Kier alpha value is -1.59. The monoisotopic (exact) mass is 223 g/mol. The molecule has 16 heavy (non-hydrogen) atoms. The van der Waals surface area contributed by atoms with Crippen LogP contribution in [0.2, 0.25) is 0 Å². The average Bonchev–Trinajstić information content (AvgIpc) is 2.28. The topological polar surface area (TPSA) is 67.6 Å². The molecule has 0 unspecified atom stereocenters. The molecule has 0 fully saturated rings. The predicted molar refractivity (Wildman–Crippen MR) is 62.1 cm³/mol. The highest BCUT2D eigenvalue weighted by molar-refractivity contribution is 5.93. The molecule has 0 aliphatic rings. The molecule has 1 amide bonds. The Morgan fingerprint density at radius 2 is 2.00 bits per heavy atom. The number of hydrogen-bond acceptors (Lipinski definition) is 4. The highest BCUT2D eigenvalue weighted by Gasteiger charge is 2.02. The van der Waals surface area contributed by atoms with Crippen molar-refractivity contribution in [2.24, 2.45) is 5.84 Å². The number of nitrogens with zero attached hydrogens (tertiary/aromatic N) is 1. The number of carbonyl (C=O) groups is 1. The molecule has 5 heteroatoms. The van der Waals surface area contributed by atoms with E-state index in [1.165, 1.54) is 0 Å². The van der Waals surface area contributed by atoms with Gasteiger partial charge in [-0.3, -0.25) is 10.2 Å². The van der Waals surface area contributed by atoms with Crippen molar-refractivity contribution >= 4 is 5.91 Å². The summed E-state index contributed by atoms with van der Waals surface area (Å²) in [6.07, 6.45) is 0. The number of hydrazine groups is 1. The van der Waals surface area contributed by atoms with E-state index in [9.17, 15) is 4.79 Å². The van der Waals surface area contributed by atoms with Crippen LogP contribution >= 0.6 is 0 Å². The third kappa shape index (κ3) is 3.88. The second-order valence-corrected chi connectivity index (χ2v) is 3.65. The Bertz CT molecular complexity index is 336. The largest absolute Gasteiger partial charge is 0.492 e. The summed E-state index contributed by atoms with van der Waals surface area (Å²) in [4.78, 5) is 13.2. The molecule has 1 rings (SSSR count). The zero-order valence-corrected chi connectivity index (χ0v) is 9.56. The Labute approximate surface area is 95.2 Å². The fraction of sp³-hybridized carbons (Fsp3) is 0.364. The van der Waals surface area contributed by atoms with Crippen LogP contribution in [0.1, 0.15) is 10.4 Å². The third-order valence-electron chi connectivity index (χ3n) is 2.05. The van der Waals surface area contributed by atoms with Crippen LogP contribution in [0.5, 0.6) is 5.75 Å². The Morgan fingerprint density at radius 3 is 2.50 bits per heavy atom. The third-order valence-corrected chi connectivity index (χ3v) is 2.05. The molecular weight excluding hydrogens is 206 g/mol. The van der Waals surface area contributed by atoms with Crippen molar-refractivity contribution in [3.8, 4) is 5.75 Å². The van der Waals surface area contributed by atoms with E-state index in [-0.39, 0.29) is 5.91 Å². The van der Waals surface area contributed by atoms with Gasteiger partial charge in [0.25, 0.3) is 5.91 Å². The van der Waals surface area contributed by atoms with Crippen LogP contribution in [0.3, 0.4) is 0 Å². The predicted octanol–water partition coefficient (Wildman–Crippen LogP) is 0.231. The minimum Gasteiger partial charge on any atom is -0.492 e. The van der Waals surface area contributed by atoms with Crippen molar-refractivity contribution in [1.29, 1.82) is 0 Å². The van der Waals surface area contributed by atoms with Gasteiger partial charge in [-0.1, -0.05) is 0 Å². The van der Waals surface area contributed by atoms with Crippen LogP contribution in [0, 0.1) is 0 Å². The van der Waals surface area contributed by atoms with Gasteiger partial charge in [-0.25, -0.2) is 5.84 Å². The number of amides is 1. The maximum Gasteiger partial charge on any atom is 0.265 e. The first-order valence-corrected chi connectivity index (χ1v) is 5.02. The molecule has 0 bridgehead atoms.